The number of phosphoric ester groups is 1. The third-order valence-corrected chi connectivity index (χ3v) is 10.7. The lowest BCUT2D eigenvalue weighted by Gasteiger charge is -2.19. The predicted octanol–water partition coefficient (Wildman–Crippen LogP) is 12.4. The standard InChI is InChI=1S/C42H84NO8P/c1-3-5-7-9-11-13-15-17-19-20-21-23-24-26-28-30-32-34-41(44)48-38-40(39-50-52(46,47)49-37-36-43)51-42(45)35-33-31-29-27-25-22-18-16-14-12-10-8-6-4-2/h40H,3-39,43H2,1-2H3,(H,46,47). The normalized spacial score (nSPS) is 13.2. The zero-order chi connectivity index (χ0) is 38.2. The Morgan fingerprint density at radius 1 is 0.500 bits per heavy atom. The van der Waals surface area contributed by atoms with Crippen LogP contribution in [0.25, 0.3) is 0 Å². The summed E-state index contributed by atoms with van der Waals surface area (Å²) in [5, 5.41) is 0. The molecule has 0 fully saturated rings. The van der Waals surface area contributed by atoms with E-state index in [1.807, 2.05) is 0 Å². The molecule has 0 spiro atoms. The molecule has 0 aromatic rings. The van der Waals surface area contributed by atoms with E-state index in [0.717, 1.165) is 32.1 Å². The molecule has 2 atom stereocenters. The highest BCUT2D eigenvalue weighted by molar-refractivity contribution is 7.47. The number of unbranched alkanes of at least 4 members (excludes halogenated alkanes) is 29. The van der Waals surface area contributed by atoms with Crippen molar-refractivity contribution < 1.29 is 37.6 Å². The van der Waals surface area contributed by atoms with Crippen LogP contribution in [0.3, 0.4) is 0 Å². The zero-order valence-electron chi connectivity index (χ0n) is 34.1. The van der Waals surface area contributed by atoms with Crippen LogP contribution >= 0.6 is 7.82 Å². The summed E-state index contributed by atoms with van der Waals surface area (Å²) in [5.41, 5.74) is 5.35. The van der Waals surface area contributed by atoms with Crippen LogP contribution in [0, 0.1) is 0 Å². The summed E-state index contributed by atoms with van der Waals surface area (Å²) in [5.74, 6) is -0.812. The maximum absolute atomic E-state index is 12.6. The molecule has 0 radical (unpaired) electrons. The second-order valence-electron chi connectivity index (χ2n) is 14.9. The fourth-order valence-electron chi connectivity index (χ4n) is 6.46. The lowest BCUT2D eigenvalue weighted by Crippen LogP contribution is -2.29. The van der Waals surface area contributed by atoms with Crippen LogP contribution in [0.5, 0.6) is 0 Å². The molecule has 0 amide bonds. The summed E-state index contributed by atoms with van der Waals surface area (Å²) >= 11 is 0. The largest absolute Gasteiger partial charge is 0.472 e. The third kappa shape index (κ3) is 38.7. The molecule has 10 heteroatoms. The molecule has 0 aliphatic carbocycles. The highest BCUT2D eigenvalue weighted by atomic mass is 31.2. The van der Waals surface area contributed by atoms with Gasteiger partial charge in [-0.3, -0.25) is 18.6 Å². The first-order chi connectivity index (χ1) is 25.3. The molecule has 0 heterocycles. The van der Waals surface area contributed by atoms with Gasteiger partial charge in [-0.25, -0.2) is 4.57 Å². The van der Waals surface area contributed by atoms with Gasteiger partial charge in [-0.2, -0.15) is 0 Å². The Balaban J connectivity index is 4.08. The Bertz CT molecular complexity index is 830. The Labute approximate surface area is 320 Å². The maximum atomic E-state index is 12.6. The van der Waals surface area contributed by atoms with Crippen molar-refractivity contribution in [2.45, 2.75) is 232 Å². The van der Waals surface area contributed by atoms with Crippen molar-refractivity contribution in [1.29, 1.82) is 0 Å². The smallest absolute Gasteiger partial charge is 0.462 e. The van der Waals surface area contributed by atoms with Crippen molar-refractivity contribution in [2.24, 2.45) is 5.73 Å². The minimum atomic E-state index is -4.37. The van der Waals surface area contributed by atoms with Gasteiger partial charge in [0.05, 0.1) is 13.2 Å². The number of phosphoric acid groups is 1. The molecule has 310 valence electrons. The van der Waals surface area contributed by atoms with Crippen molar-refractivity contribution in [3.05, 3.63) is 0 Å². The Hall–Kier alpha value is -0.990. The first-order valence-electron chi connectivity index (χ1n) is 22.0. The van der Waals surface area contributed by atoms with Crippen LogP contribution in [0.15, 0.2) is 0 Å². The minimum Gasteiger partial charge on any atom is -0.462 e. The van der Waals surface area contributed by atoms with Gasteiger partial charge in [0.15, 0.2) is 6.10 Å². The first-order valence-corrected chi connectivity index (χ1v) is 23.5. The van der Waals surface area contributed by atoms with E-state index in [2.05, 4.69) is 13.8 Å². The van der Waals surface area contributed by atoms with Gasteiger partial charge in [-0.1, -0.05) is 200 Å². The molecule has 9 nitrogen and oxygen atoms in total. The molecule has 0 aromatic heterocycles. The van der Waals surface area contributed by atoms with Crippen LogP contribution in [-0.2, 0) is 32.7 Å². The van der Waals surface area contributed by atoms with Gasteiger partial charge in [0.25, 0.3) is 0 Å². The number of esters is 2. The maximum Gasteiger partial charge on any atom is 0.472 e. The van der Waals surface area contributed by atoms with Gasteiger partial charge in [0, 0.05) is 19.4 Å². The molecule has 0 aliphatic rings. The van der Waals surface area contributed by atoms with E-state index >= 15 is 0 Å². The van der Waals surface area contributed by atoms with Gasteiger partial charge in [0.1, 0.15) is 6.61 Å². The molecule has 3 N–H and O–H groups in total. The van der Waals surface area contributed by atoms with E-state index in [-0.39, 0.29) is 38.6 Å². The summed E-state index contributed by atoms with van der Waals surface area (Å²) in [6, 6.07) is 0. The molecule has 0 bridgehead atoms. The van der Waals surface area contributed by atoms with Crippen LogP contribution in [0.1, 0.15) is 226 Å². The topological polar surface area (TPSA) is 134 Å². The van der Waals surface area contributed by atoms with E-state index in [0.29, 0.717) is 6.42 Å². The van der Waals surface area contributed by atoms with Gasteiger partial charge in [-0.05, 0) is 12.8 Å². The minimum absolute atomic E-state index is 0.0581. The molecule has 0 saturated carbocycles. The van der Waals surface area contributed by atoms with E-state index in [4.69, 9.17) is 24.3 Å². The molecule has 0 aromatic carbocycles. The molecule has 2 unspecified atom stereocenters. The fourth-order valence-corrected chi connectivity index (χ4v) is 7.23. The quantitative estimate of drug-likeness (QED) is 0.0354. The van der Waals surface area contributed by atoms with Crippen molar-refractivity contribution in [1.82, 2.24) is 0 Å². The van der Waals surface area contributed by atoms with Crippen LogP contribution in [-0.4, -0.2) is 49.3 Å². The Morgan fingerprint density at radius 3 is 1.17 bits per heavy atom. The second-order valence-corrected chi connectivity index (χ2v) is 16.4. The van der Waals surface area contributed by atoms with E-state index in [1.54, 1.807) is 0 Å². The number of hydrogen-bond acceptors (Lipinski definition) is 8. The number of carbonyl (C=O) groups is 2. The van der Waals surface area contributed by atoms with Crippen LogP contribution < -0.4 is 5.73 Å². The molecule has 0 rings (SSSR count). The Morgan fingerprint density at radius 2 is 0.827 bits per heavy atom. The monoisotopic (exact) mass is 762 g/mol. The van der Waals surface area contributed by atoms with Gasteiger partial charge >= 0.3 is 19.8 Å². The van der Waals surface area contributed by atoms with Crippen LogP contribution in [0.2, 0.25) is 0 Å². The number of hydrogen-bond donors (Lipinski definition) is 2. The highest BCUT2D eigenvalue weighted by Gasteiger charge is 2.26. The zero-order valence-corrected chi connectivity index (χ0v) is 35.0. The number of nitrogens with two attached hydrogens (primary N) is 1. The van der Waals surface area contributed by atoms with E-state index in [9.17, 15) is 19.0 Å². The van der Waals surface area contributed by atoms with Gasteiger partial charge in [-0.15, -0.1) is 0 Å². The molecular formula is C42H84NO8P. The van der Waals surface area contributed by atoms with Crippen molar-refractivity contribution in [3.8, 4) is 0 Å². The number of ether oxygens (including phenoxy) is 2. The molecule has 52 heavy (non-hydrogen) atoms. The molecule has 0 saturated heterocycles. The number of rotatable bonds is 42. The van der Waals surface area contributed by atoms with Gasteiger partial charge < -0.3 is 20.1 Å². The summed E-state index contributed by atoms with van der Waals surface area (Å²) < 4.78 is 32.8. The van der Waals surface area contributed by atoms with Crippen molar-refractivity contribution in [3.63, 3.8) is 0 Å². The summed E-state index contributed by atoms with van der Waals surface area (Å²) in [6.45, 7) is 3.77. The molecule has 0 aliphatic heterocycles. The first kappa shape index (κ1) is 51.0. The van der Waals surface area contributed by atoms with Crippen molar-refractivity contribution in [2.75, 3.05) is 26.4 Å². The lowest BCUT2D eigenvalue weighted by molar-refractivity contribution is -0.161. The average molecular weight is 762 g/mol. The predicted molar refractivity (Wildman–Crippen MR) is 215 cm³/mol. The van der Waals surface area contributed by atoms with Crippen LogP contribution in [0.4, 0.5) is 0 Å². The summed E-state index contributed by atoms with van der Waals surface area (Å²) in [4.78, 5) is 34.8. The lowest BCUT2D eigenvalue weighted by atomic mass is 10.0. The Kier molecular flexibility index (Phi) is 38.9. The van der Waals surface area contributed by atoms with Crippen molar-refractivity contribution >= 4 is 19.8 Å². The molecular weight excluding hydrogens is 677 g/mol. The van der Waals surface area contributed by atoms with Gasteiger partial charge in [0.2, 0.25) is 0 Å². The third-order valence-electron chi connectivity index (χ3n) is 9.74. The summed E-state index contributed by atoms with van der Waals surface area (Å²) in [7, 11) is -4.37. The SMILES string of the molecule is CCCCCCCCCCCCCCCCCCCC(=O)OCC(COP(=O)(O)OCCN)OC(=O)CCCCCCCCCCCCCCCC. The number of carbonyl (C=O) groups excluding carboxylic acids is 2. The highest BCUT2D eigenvalue weighted by Crippen LogP contribution is 2.43. The average Bonchev–Trinajstić information content (AvgIpc) is 3.13. The van der Waals surface area contributed by atoms with E-state index in [1.165, 1.54) is 161 Å². The second kappa shape index (κ2) is 39.7. The fraction of sp³-hybridized carbons (Fsp3) is 0.952. The summed E-state index contributed by atoms with van der Waals surface area (Å²) in [6.07, 6.45) is 38.4. The van der Waals surface area contributed by atoms with E-state index < -0.39 is 26.5 Å².